The molecule has 0 aliphatic carbocycles. The molecule has 7 nitrogen and oxygen atoms in total. The molecule has 0 fully saturated rings. The van der Waals surface area contributed by atoms with Gasteiger partial charge in [0.25, 0.3) is 15.7 Å². The topological polar surface area (TPSA) is 104 Å². The molecule has 2 aromatic carbocycles. The minimum absolute atomic E-state index is 0.128. The number of nitrogens with zero attached hydrogens (tertiary/aromatic N) is 3. The van der Waals surface area contributed by atoms with Crippen LogP contribution in [0.5, 0.6) is 0 Å². The zero-order valence-corrected chi connectivity index (χ0v) is 14.1. The molecule has 0 amide bonds. The highest BCUT2D eigenvalue weighted by Crippen LogP contribution is 2.32. The van der Waals surface area contributed by atoms with E-state index in [-0.39, 0.29) is 17.1 Å². The van der Waals surface area contributed by atoms with Gasteiger partial charge in [-0.1, -0.05) is 12.1 Å². The molecule has 0 unspecified atom stereocenters. The average molecular weight is 357 g/mol. The van der Waals surface area contributed by atoms with Crippen LogP contribution in [0.3, 0.4) is 0 Å². The van der Waals surface area contributed by atoms with E-state index in [1.165, 1.54) is 22.5 Å². The summed E-state index contributed by atoms with van der Waals surface area (Å²) in [7, 11) is -3.96. The van der Waals surface area contributed by atoms with E-state index in [4.69, 9.17) is 5.26 Å². The van der Waals surface area contributed by atoms with Crippen LogP contribution in [0.1, 0.15) is 24.0 Å². The summed E-state index contributed by atoms with van der Waals surface area (Å²) in [5, 5.41) is 20.1. The minimum atomic E-state index is -3.96. The minimum Gasteiger partial charge on any atom is -0.266 e. The lowest BCUT2D eigenvalue weighted by atomic mass is 10.1. The molecule has 0 bridgehead atoms. The second-order valence-corrected chi connectivity index (χ2v) is 7.61. The molecular weight excluding hydrogens is 342 g/mol. The quantitative estimate of drug-likeness (QED) is 0.620. The van der Waals surface area contributed by atoms with Gasteiger partial charge in [0.05, 0.1) is 27.1 Å². The van der Waals surface area contributed by atoms with E-state index < -0.39 is 14.9 Å². The van der Waals surface area contributed by atoms with Crippen LogP contribution in [0.4, 0.5) is 11.4 Å². The van der Waals surface area contributed by atoms with E-state index in [0.29, 0.717) is 17.7 Å². The molecule has 0 aromatic heterocycles. The van der Waals surface area contributed by atoms with Gasteiger partial charge >= 0.3 is 0 Å². The molecule has 0 saturated heterocycles. The van der Waals surface area contributed by atoms with Gasteiger partial charge in [0.1, 0.15) is 0 Å². The van der Waals surface area contributed by atoms with Gasteiger partial charge in [-0.15, -0.1) is 0 Å². The molecule has 25 heavy (non-hydrogen) atoms. The summed E-state index contributed by atoms with van der Waals surface area (Å²) in [6.07, 6.45) is 2.23. The van der Waals surface area contributed by atoms with Crippen LogP contribution in [0.2, 0.25) is 0 Å². The van der Waals surface area contributed by atoms with E-state index in [1.807, 2.05) is 6.07 Å². The Morgan fingerprint density at radius 1 is 1.16 bits per heavy atom. The molecule has 2 aromatic rings. The van der Waals surface area contributed by atoms with Crippen LogP contribution in [-0.2, 0) is 16.4 Å². The number of fused-ring (bicyclic) bond motifs is 1. The first-order valence-corrected chi connectivity index (χ1v) is 9.18. The predicted octanol–water partition coefficient (Wildman–Crippen LogP) is 3.00. The van der Waals surface area contributed by atoms with Crippen molar-refractivity contribution in [1.29, 1.82) is 5.26 Å². The second-order valence-electron chi connectivity index (χ2n) is 5.74. The molecule has 3 rings (SSSR count). The van der Waals surface area contributed by atoms with E-state index in [2.05, 4.69) is 0 Å². The van der Waals surface area contributed by atoms with Crippen LogP contribution in [0.15, 0.2) is 47.4 Å². The van der Waals surface area contributed by atoms with Gasteiger partial charge in [0.15, 0.2) is 0 Å². The number of hydrogen-bond acceptors (Lipinski definition) is 5. The molecule has 1 heterocycles. The molecular formula is C17H15N3O4S. The molecule has 0 radical (unpaired) electrons. The number of non-ortho nitro benzene ring substituents is 1. The van der Waals surface area contributed by atoms with Crippen molar-refractivity contribution in [3.05, 3.63) is 63.7 Å². The number of benzene rings is 2. The maximum absolute atomic E-state index is 13.1. The smallest absolute Gasteiger partial charge is 0.266 e. The largest absolute Gasteiger partial charge is 0.270 e. The fourth-order valence-corrected chi connectivity index (χ4v) is 4.48. The maximum Gasteiger partial charge on any atom is 0.270 e. The summed E-state index contributed by atoms with van der Waals surface area (Å²) in [6, 6.07) is 12.1. The lowest BCUT2D eigenvalue weighted by Gasteiger charge is -2.24. The van der Waals surface area contributed by atoms with Crippen molar-refractivity contribution in [2.24, 2.45) is 0 Å². The number of anilines is 1. The highest BCUT2D eigenvalue weighted by Gasteiger charge is 2.29. The monoisotopic (exact) mass is 357 g/mol. The fraction of sp³-hybridized carbons (Fsp3) is 0.235. The Hall–Kier alpha value is -2.92. The standard InChI is InChI=1S/C17H15N3O4S/c18-12-13-7-8-14-4-1-2-9-19(17(14)10-13)25(23,24)16-6-3-5-15(11-16)20(21)22/h3,5-8,10-11H,1-2,4,9H2. The number of nitro benzene ring substituents is 1. The fourth-order valence-electron chi connectivity index (χ4n) is 2.90. The van der Waals surface area contributed by atoms with E-state index >= 15 is 0 Å². The van der Waals surface area contributed by atoms with Gasteiger partial charge in [-0.25, -0.2) is 8.42 Å². The predicted molar refractivity (Wildman–Crippen MR) is 91.7 cm³/mol. The van der Waals surface area contributed by atoms with E-state index in [9.17, 15) is 18.5 Å². The number of rotatable bonds is 3. The SMILES string of the molecule is N#Cc1ccc2c(c1)N(S(=O)(=O)c1cccc([N+](=O)[O-])c1)CCCC2. The van der Waals surface area contributed by atoms with Crippen molar-refractivity contribution in [3.8, 4) is 6.07 Å². The Morgan fingerprint density at radius 2 is 1.96 bits per heavy atom. The van der Waals surface area contributed by atoms with Gasteiger partial charge in [-0.2, -0.15) is 5.26 Å². The third-order valence-electron chi connectivity index (χ3n) is 4.16. The summed E-state index contributed by atoms with van der Waals surface area (Å²) in [5.41, 5.74) is 1.43. The van der Waals surface area contributed by atoms with Crippen LogP contribution in [0, 0.1) is 21.4 Å². The van der Waals surface area contributed by atoms with Crippen molar-refractivity contribution < 1.29 is 13.3 Å². The number of hydrogen-bond donors (Lipinski definition) is 0. The summed E-state index contributed by atoms with van der Waals surface area (Å²) in [6.45, 7) is 0.271. The highest BCUT2D eigenvalue weighted by atomic mass is 32.2. The van der Waals surface area contributed by atoms with Crippen LogP contribution < -0.4 is 4.31 Å². The number of aryl methyl sites for hydroxylation is 1. The molecule has 0 saturated carbocycles. The highest BCUT2D eigenvalue weighted by molar-refractivity contribution is 7.92. The molecule has 0 N–H and O–H groups in total. The van der Waals surface area contributed by atoms with Gasteiger partial charge in [0.2, 0.25) is 0 Å². The summed E-state index contributed by atoms with van der Waals surface area (Å²) in [5.74, 6) is 0. The number of nitriles is 1. The third kappa shape index (κ3) is 3.19. The molecule has 0 spiro atoms. The summed E-state index contributed by atoms with van der Waals surface area (Å²) < 4.78 is 27.5. The summed E-state index contributed by atoms with van der Waals surface area (Å²) in [4.78, 5) is 10.2. The second kappa shape index (κ2) is 6.53. The zero-order chi connectivity index (χ0) is 18.0. The lowest BCUT2D eigenvalue weighted by molar-refractivity contribution is -0.385. The van der Waals surface area contributed by atoms with Gasteiger partial charge in [-0.05, 0) is 43.0 Å². The number of nitro groups is 1. The Bertz CT molecular complexity index is 980. The molecule has 8 heteroatoms. The molecule has 128 valence electrons. The Labute approximate surface area is 145 Å². The molecule has 1 aliphatic heterocycles. The normalized spacial score (nSPS) is 14.3. The Kier molecular flexibility index (Phi) is 4.42. The zero-order valence-electron chi connectivity index (χ0n) is 13.3. The van der Waals surface area contributed by atoms with Crippen molar-refractivity contribution >= 4 is 21.4 Å². The Morgan fingerprint density at radius 3 is 2.68 bits per heavy atom. The van der Waals surface area contributed by atoms with Gasteiger partial charge in [0, 0.05) is 18.7 Å². The van der Waals surface area contributed by atoms with Crippen molar-refractivity contribution in [2.45, 2.75) is 24.2 Å². The molecule has 1 aliphatic rings. The van der Waals surface area contributed by atoms with E-state index in [1.54, 1.807) is 18.2 Å². The van der Waals surface area contributed by atoms with Crippen molar-refractivity contribution in [3.63, 3.8) is 0 Å². The van der Waals surface area contributed by atoms with Gasteiger partial charge in [-0.3, -0.25) is 14.4 Å². The first kappa shape index (κ1) is 16.9. The van der Waals surface area contributed by atoms with Crippen molar-refractivity contribution in [2.75, 3.05) is 10.8 Å². The first-order valence-electron chi connectivity index (χ1n) is 7.74. The Balaban J connectivity index is 2.13. The van der Waals surface area contributed by atoms with Gasteiger partial charge < -0.3 is 0 Å². The molecule has 0 atom stereocenters. The van der Waals surface area contributed by atoms with Crippen LogP contribution in [-0.4, -0.2) is 19.9 Å². The average Bonchev–Trinajstić information content (AvgIpc) is 2.83. The maximum atomic E-state index is 13.1. The van der Waals surface area contributed by atoms with Crippen LogP contribution in [0.25, 0.3) is 0 Å². The lowest BCUT2D eigenvalue weighted by Crippen LogP contribution is -2.32. The number of sulfonamides is 1. The van der Waals surface area contributed by atoms with Crippen LogP contribution >= 0.6 is 0 Å². The summed E-state index contributed by atoms with van der Waals surface area (Å²) >= 11 is 0. The van der Waals surface area contributed by atoms with E-state index in [0.717, 1.165) is 24.5 Å². The first-order chi connectivity index (χ1) is 11.9. The third-order valence-corrected chi connectivity index (χ3v) is 5.97. The van der Waals surface area contributed by atoms with Crippen molar-refractivity contribution in [1.82, 2.24) is 0 Å².